The first-order valence-electron chi connectivity index (χ1n) is 8.23. The second kappa shape index (κ2) is 9.92. The standard InChI is InChI=1S/C17H22N4O7/c1-28-10-4-2-9(3-5-10)6-11-16(27)20-17(19-11)21-18-7-12(23)14(25)15(26)13(24)8-22/h2-7,12-15,22-26H,8H2,1H3,(H2,19,20,21,27)/b11-6-,18-7+/t12-,13+,14+,15+/m0/s1. The molecule has 11 nitrogen and oxygen atoms in total. The zero-order valence-electron chi connectivity index (χ0n) is 14.9. The number of ether oxygens (including phenoxy) is 1. The van der Waals surface area contributed by atoms with E-state index in [4.69, 9.17) is 9.84 Å². The van der Waals surface area contributed by atoms with Gasteiger partial charge in [-0.15, -0.1) is 0 Å². The maximum absolute atomic E-state index is 11.9. The van der Waals surface area contributed by atoms with E-state index < -0.39 is 36.9 Å². The number of nitrogens with one attached hydrogen (secondary N) is 2. The molecule has 0 aromatic heterocycles. The Morgan fingerprint density at radius 1 is 1.21 bits per heavy atom. The van der Waals surface area contributed by atoms with Gasteiger partial charge >= 0.3 is 0 Å². The van der Waals surface area contributed by atoms with Crippen molar-refractivity contribution >= 4 is 24.2 Å². The highest BCUT2D eigenvalue weighted by Crippen LogP contribution is 2.15. The van der Waals surface area contributed by atoms with Crippen LogP contribution in [0.5, 0.6) is 5.75 Å². The molecule has 0 aliphatic carbocycles. The van der Waals surface area contributed by atoms with Gasteiger partial charge in [0.2, 0.25) is 5.96 Å². The van der Waals surface area contributed by atoms with Crippen molar-refractivity contribution < 1.29 is 35.1 Å². The number of hydrazone groups is 1. The molecule has 0 bridgehead atoms. The fraction of sp³-hybridized carbons (Fsp3) is 0.353. The van der Waals surface area contributed by atoms with Crippen molar-refractivity contribution in [2.45, 2.75) is 24.4 Å². The Kier molecular flexibility index (Phi) is 7.61. The maximum atomic E-state index is 11.9. The lowest BCUT2D eigenvalue weighted by Crippen LogP contribution is -2.46. The normalized spacial score (nSPS) is 19.9. The number of hydrogen-bond donors (Lipinski definition) is 7. The van der Waals surface area contributed by atoms with E-state index in [1.165, 1.54) is 0 Å². The summed E-state index contributed by atoms with van der Waals surface area (Å²) in [4.78, 5) is 15.9. The fourth-order valence-electron chi connectivity index (χ4n) is 2.18. The van der Waals surface area contributed by atoms with Crippen LogP contribution in [0.1, 0.15) is 5.56 Å². The quantitative estimate of drug-likeness (QED) is 0.144. The van der Waals surface area contributed by atoms with Crippen LogP contribution in [0.25, 0.3) is 6.08 Å². The summed E-state index contributed by atoms with van der Waals surface area (Å²) in [5.41, 5.74) is 3.24. The molecular weight excluding hydrogens is 372 g/mol. The van der Waals surface area contributed by atoms with E-state index >= 15 is 0 Å². The van der Waals surface area contributed by atoms with Crippen molar-refractivity contribution in [3.05, 3.63) is 35.5 Å². The highest BCUT2D eigenvalue weighted by atomic mass is 16.5. The number of nitrogens with zero attached hydrogens (tertiary/aromatic N) is 2. The molecule has 1 aromatic rings. The zero-order valence-corrected chi connectivity index (χ0v) is 14.9. The minimum atomic E-state index is -1.78. The second-order valence-corrected chi connectivity index (χ2v) is 5.83. The smallest absolute Gasteiger partial charge is 0.276 e. The molecule has 1 aromatic carbocycles. The zero-order chi connectivity index (χ0) is 20.7. The summed E-state index contributed by atoms with van der Waals surface area (Å²) in [5.74, 6) is 0.213. The number of guanidine groups is 1. The van der Waals surface area contributed by atoms with Crippen molar-refractivity contribution in [2.75, 3.05) is 13.7 Å². The van der Waals surface area contributed by atoms with Gasteiger partial charge in [-0.05, 0) is 23.8 Å². The Morgan fingerprint density at radius 2 is 1.89 bits per heavy atom. The first-order chi connectivity index (χ1) is 13.3. The molecule has 4 atom stereocenters. The number of carbonyl (C=O) groups excluding carboxylic acids is 1. The molecular formula is C17H22N4O7. The average molecular weight is 394 g/mol. The summed E-state index contributed by atoms with van der Waals surface area (Å²) in [6, 6.07) is 6.98. The molecule has 1 heterocycles. The van der Waals surface area contributed by atoms with Gasteiger partial charge in [0.05, 0.1) is 19.9 Å². The molecule has 0 saturated heterocycles. The molecule has 0 fully saturated rings. The summed E-state index contributed by atoms with van der Waals surface area (Å²) >= 11 is 0. The summed E-state index contributed by atoms with van der Waals surface area (Å²) < 4.78 is 5.06. The number of benzene rings is 1. The third-order valence-electron chi connectivity index (χ3n) is 3.79. The first kappa shape index (κ1) is 21.5. The molecule has 0 saturated carbocycles. The van der Waals surface area contributed by atoms with Crippen LogP contribution in [0, 0.1) is 0 Å². The molecule has 7 N–H and O–H groups in total. The van der Waals surface area contributed by atoms with E-state index in [1.807, 2.05) is 0 Å². The van der Waals surface area contributed by atoms with Crippen LogP contribution < -0.4 is 15.5 Å². The topological polar surface area (TPSA) is 176 Å². The van der Waals surface area contributed by atoms with Crippen molar-refractivity contribution in [2.24, 2.45) is 10.1 Å². The molecule has 11 heteroatoms. The van der Waals surface area contributed by atoms with Gasteiger partial charge in [0.25, 0.3) is 5.91 Å². The van der Waals surface area contributed by atoms with Gasteiger partial charge in [0.15, 0.2) is 0 Å². The van der Waals surface area contributed by atoms with Gasteiger partial charge in [0, 0.05) is 0 Å². The monoisotopic (exact) mass is 394 g/mol. The molecule has 0 spiro atoms. The lowest BCUT2D eigenvalue weighted by molar-refractivity contribution is -0.115. The minimum Gasteiger partial charge on any atom is -0.497 e. The maximum Gasteiger partial charge on any atom is 0.276 e. The lowest BCUT2D eigenvalue weighted by atomic mass is 10.0. The molecule has 1 amide bonds. The average Bonchev–Trinajstić information content (AvgIpc) is 3.05. The van der Waals surface area contributed by atoms with E-state index in [-0.39, 0.29) is 11.7 Å². The molecule has 1 aliphatic heterocycles. The Labute approximate surface area is 160 Å². The number of aliphatic hydroxyl groups excluding tert-OH is 5. The number of carbonyl (C=O) groups is 1. The first-order valence-corrected chi connectivity index (χ1v) is 8.23. The second-order valence-electron chi connectivity index (χ2n) is 5.83. The van der Waals surface area contributed by atoms with E-state index in [9.17, 15) is 25.2 Å². The predicted molar refractivity (Wildman–Crippen MR) is 99.3 cm³/mol. The van der Waals surface area contributed by atoms with Gasteiger partial charge in [-0.2, -0.15) is 5.10 Å². The number of methoxy groups -OCH3 is 1. The summed E-state index contributed by atoms with van der Waals surface area (Å²) in [7, 11) is 1.55. The van der Waals surface area contributed by atoms with E-state index in [1.54, 1.807) is 37.5 Å². The van der Waals surface area contributed by atoms with Crippen LogP contribution >= 0.6 is 0 Å². The number of rotatable bonds is 8. The van der Waals surface area contributed by atoms with Gasteiger partial charge in [0.1, 0.15) is 35.9 Å². The number of amides is 1. The Morgan fingerprint density at radius 3 is 2.50 bits per heavy atom. The van der Waals surface area contributed by atoms with E-state index in [2.05, 4.69) is 20.8 Å². The fourth-order valence-corrected chi connectivity index (χ4v) is 2.18. The summed E-state index contributed by atoms with van der Waals surface area (Å²) in [6.45, 7) is -0.785. The van der Waals surface area contributed by atoms with E-state index in [0.717, 1.165) is 11.8 Å². The lowest BCUT2D eigenvalue weighted by Gasteiger charge is -2.23. The van der Waals surface area contributed by atoms with Gasteiger partial charge in [-0.1, -0.05) is 12.1 Å². The van der Waals surface area contributed by atoms with Crippen molar-refractivity contribution in [3.63, 3.8) is 0 Å². The number of aliphatic hydroxyl groups is 5. The highest BCUT2D eigenvalue weighted by Gasteiger charge is 2.29. The largest absolute Gasteiger partial charge is 0.497 e. The summed E-state index contributed by atoms with van der Waals surface area (Å²) in [5, 5.41) is 52.9. The third-order valence-corrected chi connectivity index (χ3v) is 3.79. The van der Waals surface area contributed by atoms with Crippen LogP contribution in [0.2, 0.25) is 0 Å². The van der Waals surface area contributed by atoms with E-state index in [0.29, 0.717) is 5.75 Å². The highest BCUT2D eigenvalue weighted by molar-refractivity contribution is 6.13. The van der Waals surface area contributed by atoms with Crippen molar-refractivity contribution in [1.29, 1.82) is 0 Å². The molecule has 0 radical (unpaired) electrons. The van der Waals surface area contributed by atoms with Crippen LogP contribution in [0.15, 0.2) is 40.1 Å². The number of aliphatic imine (C=N–C) groups is 1. The van der Waals surface area contributed by atoms with Crippen LogP contribution in [-0.2, 0) is 4.79 Å². The Bertz CT molecular complexity index is 763. The molecule has 0 unspecified atom stereocenters. The predicted octanol–water partition coefficient (Wildman–Crippen LogP) is -2.47. The van der Waals surface area contributed by atoms with Gasteiger partial charge in [-0.3, -0.25) is 10.1 Å². The van der Waals surface area contributed by atoms with Crippen molar-refractivity contribution in [3.8, 4) is 5.75 Å². The Balaban J connectivity index is 1.97. The molecule has 28 heavy (non-hydrogen) atoms. The minimum absolute atomic E-state index is 0.00126. The number of hydrogen-bond acceptors (Lipinski definition) is 10. The Hall–Kier alpha value is -2.83. The van der Waals surface area contributed by atoms with Gasteiger partial charge < -0.3 is 30.3 Å². The van der Waals surface area contributed by atoms with Crippen molar-refractivity contribution in [1.82, 2.24) is 10.7 Å². The molecule has 2 rings (SSSR count). The van der Waals surface area contributed by atoms with Crippen LogP contribution in [-0.4, -0.2) is 81.7 Å². The van der Waals surface area contributed by atoms with Crippen LogP contribution in [0.4, 0.5) is 0 Å². The third kappa shape index (κ3) is 5.58. The SMILES string of the molecule is COc1ccc(/C=C2\N=C(N/N=C/[C@H](O)[C@@H](O)[C@H](O)[C@H](O)CO)NC2=O)cc1. The molecule has 1 aliphatic rings. The molecule has 152 valence electrons. The van der Waals surface area contributed by atoms with Crippen LogP contribution in [0.3, 0.4) is 0 Å². The van der Waals surface area contributed by atoms with Gasteiger partial charge in [-0.25, -0.2) is 10.4 Å². The summed E-state index contributed by atoms with van der Waals surface area (Å²) in [6.07, 6.45) is -4.41.